The molecule has 3 aliphatic rings. The highest BCUT2D eigenvalue weighted by Gasteiger charge is 2.43. The highest BCUT2D eigenvalue weighted by atomic mass is 16.5. The molecule has 0 aromatic heterocycles. The molecular formula is C29H31N3O6. The fraction of sp³-hybridized carbons (Fsp3) is 0.379. The first-order valence-corrected chi connectivity index (χ1v) is 12.9. The number of carbonyl (C=O) groups is 2. The lowest BCUT2D eigenvalue weighted by Crippen LogP contribution is -2.61. The molecule has 0 radical (unpaired) electrons. The molecule has 3 aliphatic heterocycles. The molecule has 2 fully saturated rings. The van der Waals surface area contributed by atoms with Gasteiger partial charge in [0.2, 0.25) is 0 Å². The lowest BCUT2D eigenvalue weighted by atomic mass is 9.95. The number of nitrogens with one attached hydrogen (secondary N) is 1. The molecular weight excluding hydrogens is 486 g/mol. The van der Waals surface area contributed by atoms with Gasteiger partial charge in [-0.1, -0.05) is 12.1 Å². The number of carbonyl (C=O) groups excluding carboxylic acids is 2. The van der Waals surface area contributed by atoms with Crippen molar-refractivity contribution < 1.29 is 28.5 Å². The fourth-order valence-electron chi connectivity index (χ4n) is 5.59. The van der Waals surface area contributed by atoms with Gasteiger partial charge in [0.15, 0.2) is 5.72 Å². The van der Waals surface area contributed by atoms with Crippen LogP contribution < -0.4 is 24.4 Å². The van der Waals surface area contributed by atoms with Crippen molar-refractivity contribution >= 4 is 28.3 Å². The summed E-state index contributed by atoms with van der Waals surface area (Å²) < 4.78 is 22.9. The lowest BCUT2D eigenvalue weighted by Gasteiger charge is -2.44. The zero-order valence-electron chi connectivity index (χ0n) is 21.6. The number of likely N-dealkylation sites (tertiary alicyclic amines) is 1. The Morgan fingerprint density at radius 1 is 0.921 bits per heavy atom. The smallest absolute Gasteiger partial charge is 0.258 e. The summed E-state index contributed by atoms with van der Waals surface area (Å²) in [5.74, 6) is 1.64. The third-order valence-corrected chi connectivity index (χ3v) is 7.69. The Bertz CT molecular complexity index is 1390. The van der Waals surface area contributed by atoms with E-state index >= 15 is 0 Å². The van der Waals surface area contributed by atoms with E-state index in [1.54, 1.807) is 25.2 Å². The molecule has 1 spiro atoms. The van der Waals surface area contributed by atoms with Crippen molar-refractivity contribution in [1.82, 2.24) is 10.2 Å². The number of anilines is 1. The van der Waals surface area contributed by atoms with Crippen LogP contribution >= 0.6 is 0 Å². The maximum atomic E-state index is 13.5. The summed E-state index contributed by atoms with van der Waals surface area (Å²) in [6.07, 6.45) is 0.979. The fourth-order valence-corrected chi connectivity index (χ4v) is 5.59. The van der Waals surface area contributed by atoms with Gasteiger partial charge in [-0.15, -0.1) is 0 Å². The normalized spacial score (nSPS) is 18.5. The first-order chi connectivity index (χ1) is 18.5. The molecule has 0 aliphatic carbocycles. The summed E-state index contributed by atoms with van der Waals surface area (Å²) in [7, 11) is 3.21. The van der Waals surface area contributed by atoms with Crippen molar-refractivity contribution in [2.75, 3.05) is 58.5 Å². The maximum absolute atomic E-state index is 13.5. The average molecular weight is 518 g/mol. The highest BCUT2D eigenvalue weighted by molar-refractivity contribution is 6.03. The predicted molar refractivity (Wildman–Crippen MR) is 142 cm³/mol. The van der Waals surface area contributed by atoms with Crippen LogP contribution in [0, 0.1) is 0 Å². The van der Waals surface area contributed by atoms with Gasteiger partial charge in [-0.05, 0) is 36.4 Å². The number of rotatable bonds is 4. The van der Waals surface area contributed by atoms with Crippen molar-refractivity contribution in [3.8, 4) is 17.2 Å². The minimum Gasteiger partial charge on any atom is -0.496 e. The molecule has 0 unspecified atom stereocenters. The van der Waals surface area contributed by atoms with E-state index in [0.717, 1.165) is 29.5 Å². The van der Waals surface area contributed by atoms with Gasteiger partial charge >= 0.3 is 0 Å². The zero-order chi connectivity index (χ0) is 26.3. The molecule has 2 saturated heterocycles. The predicted octanol–water partition coefficient (Wildman–Crippen LogP) is 3.45. The first kappa shape index (κ1) is 24.4. The largest absolute Gasteiger partial charge is 0.496 e. The standard InChI is InChI=1S/C29H31N3O6/c1-35-24-5-3-4-21-22(24)16-19(17-26(21)36-2)28(34)32-10-8-29(9-11-32)30-27(33)23-18-20(6-7-25(23)38-29)31-12-14-37-15-13-31/h3-7,16-18H,8-15H2,1-2H3,(H,30,33). The van der Waals surface area contributed by atoms with Crippen LogP contribution in [0.3, 0.4) is 0 Å². The molecule has 0 bridgehead atoms. The zero-order valence-corrected chi connectivity index (χ0v) is 21.6. The molecule has 3 aromatic rings. The van der Waals surface area contributed by atoms with E-state index in [4.69, 9.17) is 18.9 Å². The quantitative estimate of drug-likeness (QED) is 0.567. The van der Waals surface area contributed by atoms with E-state index in [1.807, 2.05) is 42.5 Å². The van der Waals surface area contributed by atoms with E-state index in [0.29, 0.717) is 67.5 Å². The van der Waals surface area contributed by atoms with Crippen molar-refractivity contribution in [2.45, 2.75) is 18.6 Å². The second kappa shape index (κ2) is 9.72. The third kappa shape index (κ3) is 4.26. The second-order valence-corrected chi connectivity index (χ2v) is 9.86. The number of nitrogens with zero attached hydrogens (tertiary/aromatic N) is 2. The van der Waals surface area contributed by atoms with Gasteiger partial charge in [0.05, 0.1) is 33.0 Å². The van der Waals surface area contributed by atoms with E-state index in [9.17, 15) is 9.59 Å². The van der Waals surface area contributed by atoms with Crippen LogP contribution in [0.2, 0.25) is 0 Å². The number of benzene rings is 3. The van der Waals surface area contributed by atoms with Gasteiger partial charge in [0.1, 0.15) is 17.2 Å². The molecule has 2 amide bonds. The number of hydrogen-bond donors (Lipinski definition) is 1. The summed E-state index contributed by atoms with van der Waals surface area (Å²) in [5, 5.41) is 4.80. The van der Waals surface area contributed by atoms with Crippen LogP contribution in [0.4, 0.5) is 5.69 Å². The monoisotopic (exact) mass is 517 g/mol. The van der Waals surface area contributed by atoms with Crippen LogP contribution in [-0.4, -0.2) is 76.1 Å². The van der Waals surface area contributed by atoms with Crippen LogP contribution in [0.25, 0.3) is 10.8 Å². The molecule has 38 heavy (non-hydrogen) atoms. The number of ether oxygens (including phenoxy) is 4. The Balaban J connectivity index is 1.19. The topological polar surface area (TPSA) is 89.6 Å². The lowest BCUT2D eigenvalue weighted by molar-refractivity contribution is -0.0245. The van der Waals surface area contributed by atoms with Gasteiger partial charge in [0, 0.05) is 61.0 Å². The number of morpholine rings is 1. The number of methoxy groups -OCH3 is 2. The summed E-state index contributed by atoms with van der Waals surface area (Å²) in [4.78, 5) is 30.7. The molecule has 3 heterocycles. The molecule has 0 atom stereocenters. The Hall–Kier alpha value is -3.98. The van der Waals surface area contributed by atoms with Gasteiger partial charge in [-0.3, -0.25) is 9.59 Å². The summed E-state index contributed by atoms with van der Waals surface area (Å²) in [5.41, 5.74) is 1.23. The Morgan fingerprint density at radius 3 is 2.42 bits per heavy atom. The summed E-state index contributed by atoms with van der Waals surface area (Å²) in [6, 6.07) is 15.1. The summed E-state index contributed by atoms with van der Waals surface area (Å²) in [6.45, 7) is 3.85. The molecule has 9 nitrogen and oxygen atoms in total. The first-order valence-electron chi connectivity index (χ1n) is 12.9. The molecule has 6 rings (SSSR count). The van der Waals surface area contributed by atoms with Gasteiger partial charge in [0.25, 0.3) is 11.8 Å². The third-order valence-electron chi connectivity index (χ3n) is 7.69. The molecule has 9 heteroatoms. The van der Waals surface area contributed by atoms with Crippen LogP contribution in [0.15, 0.2) is 48.5 Å². The Morgan fingerprint density at radius 2 is 1.68 bits per heavy atom. The Kier molecular flexibility index (Phi) is 6.23. The van der Waals surface area contributed by atoms with Crippen molar-refractivity contribution in [1.29, 1.82) is 0 Å². The van der Waals surface area contributed by atoms with Crippen molar-refractivity contribution in [2.24, 2.45) is 0 Å². The molecule has 3 aromatic carbocycles. The number of fused-ring (bicyclic) bond motifs is 2. The average Bonchev–Trinajstić information content (AvgIpc) is 2.96. The van der Waals surface area contributed by atoms with Crippen LogP contribution in [-0.2, 0) is 4.74 Å². The van der Waals surface area contributed by atoms with E-state index < -0.39 is 5.72 Å². The second-order valence-electron chi connectivity index (χ2n) is 9.86. The minimum atomic E-state index is -0.828. The van der Waals surface area contributed by atoms with Crippen LogP contribution in [0.1, 0.15) is 33.6 Å². The number of hydrogen-bond acceptors (Lipinski definition) is 7. The number of piperidine rings is 1. The van der Waals surface area contributed by atoms with Gasteiger partial charge in [-0.25, -0.2) is 0 Å². The van der Waals surface area contributed by atoms with Crippen molar-refractivity contribution in [3.63, 3.8) is 0 Å². The molecule has 1 N–H and O–H groups in total. The minimum absolute atomic E-state index is 0.0938. The number of amides is 2. The van der Waals surface area contributed by atoms with Crippen molar-refractivity contribution in [3.05, 3.63) is 59.7 Å². The highest BCUT2D eigenvalue weighted by Crippen LogP contribution is 2.37. The SMILES string of the molecule is COc1cc(C(=O)N2CCC3(CC2)NC(=O)c2cc(N4CCOCC4)ccc2O3)cc2c(OC)cccc12. The van der Waals surface area contributed by atoms with E-state index in [-0.39, 0.29) is 11.8 Å². The molecule has 198 valence electrons. The van der Waals surface area contributed by atoms with Gasteiger partial charge < -0.3 is 34.1 Å². The van der Waals surface area contributed by atoms with Gasteiger partial charge in [-0.2, -0.15) is 0 Å². The maximum Gasteiger partial charge on any atom is 0.258 e. The Labute approximate surface area is 221 Å². The molecule has 0 saturated carbocycles. The van der Waals surface area contributed by atoms with E-state index in [2.05, 4.69) is 10.2 Å². The summed E-state index contributed by atoms with van der Waals surface area (Å²) >= 11 is 0. The van der Waals surface area contributed by atoms with E-state index in [1.165, 1.54) is 0 Å². The van der Waals surface area contributed by atoms with Crippen LogP contribution in [0.5, 0.6) is 17.2 Å².